The third-order valence-corrected chi connectivity index (χ3v) is 4.23. The number of carbonyl (C=O) groups is 1. The van der Waals surface area contributed by atoms with E-state index < -0.39 is 29.5 Å². The Morgan fingerprint density at radius 3 is 2.36 bits per heavy atom. The molecule has 0 aliphatic carbocycles. The fourth-order valence-corrected chi connectivity index (χ4v) is 2.89. The minimum atomic E-state index is -4.42. The Labute approximate surface area is 127 Å². The number of hydrogen-bond donors (Lipinski definition) is 1. The second-order valence-corrected chi connectivity index (χ2v) is 6.75. The molecule has 2 rings (SSSR count). The van der Waals surface area contributed by atoms with Gasteiger partial charge in [0.05, 0.1) is 11.5 Å². The minimum absolute atomic E-state index is 0.218. The van der Waals surface area contributed by atoms with E-state index in [1.807, 2.05) is 25.7 Å². The first-order chi connectivity index (χ1) is 10.00. The lowest BCUT2D eigenvalue weighted by atomic mass is 9.88. The molecule has 1 aliphatic heterocycles. The largest absolute Gasteiger partial charge is 0.481 e. The summed E-state index contributed by atoms with van der Waals surface area (Å²) in [6.07, 6.45) is -4.42. The lowest BCUT2D eigenvalue weighted by molar-refractivity contribution is -0.141. The lowest BCUT2D eigenvalue weighted by Crippen LogP contribution is -2.40. The van der Waals surface area contributed by atoms with Gasteiger partial charge in [-0.3, -0.25) is 9.69 Å². The van der Waals surface area contributed by atoms with Crippen molar-refractivity contribution in [3.8, 4) is 0 Å². The first kappa shape index (κ1) is 16.8. The van der Waals surface area contributed by atoms with Crippen molar-refractivity contribution in [2.75, 3.05) is 13.1 Å². The number of carboxylic acids is 1. The van der Waals surface area contributed by atoms with Crippen LogP contribution in [0.15, 0.2) is 24.3 Å². The summed E-state index contributed by atoms with van der Waals surface area (Å²) in [5.74, 6) is -2.09. The van der Waals surface area contributed by atoms with Crippen molar-refractivity contribution in [3.05, 3.63) is 35.4 Å². The topological polar surface area (TPSA) is 40.5 Å². The Hall–Kier alpha value is -1.56. The predicted molar refractivity (Wildman–Crippen MR) is 76.6 cm³/mol. The molecule has 0 spiro atoms. The van der Waals surface area contributed by atoms with E-state index >= 15 is 0 Å². The van der Waals surface area contributed by atoms with Gasteiger partial charge in [-0.25, -0.2) is 0 Å². The van der Waals surface area contributed by atoms with Crippen LogP contribution in [0, 0.1) is 5.92 Å². The number of alkyl halides is 3. The lowest BCUT2D eigenvalue weighted by Gasteiger charge is -2.31. The van der Waals surface area contributed by atoms with Crippen LogP contribution in [0.1, 0.15) is 37.8 Å². The zero-order valence-corrected chi connectivity index (χ0v) is 12.8. The fraction of sp³-hybridized carbons (Fsp3) is 0.562. The van der Waals surface area contributed by atoms with E-state index in [2.05, 4.69) is 0 Å². The van der Waals surface area contributed by atoms with Crippen molar-refractivity contribution < 1.29 is 23.1 Å². The standard InChI is InChI=1S/C16H20F3NO2/c1-15(2,3)20-8-12(13(9-20)14(21)22)10-5-4-6-11(7-10)16(17,18)19/h4-7,12-13H,8-9H2,1-3H3,(H,21,22)/t12-,13+/m1/s1. The van der Waals surface area contributed by atoms with E-state index in [0.717, 1.165) is 12.1 Å². The number of rotatable bonds is 2. The number of nitrogens with zero attached hydrogens (tertiary/aromatic N) is 1. The summed E-state index contributed by atoms with van der Waals surface area (Å²) in [6, 6.07) is 5.02. The summed E-state index contributed by atoms with van der Waals surface area (Å²) < 4.78 is 38.5. The van der Waals surface area contributed by atoms with Gasteiger partial charge in [-0.1, -0.05) is 18.2 Å². The molecule has 0 amide bonds. The van der Waals surface area contributed by atoms with Gasteiger partial charge in [0.15, 0.2) is 0 Å². The van der Waals surface area contributed by atoms with E-state index in [4.69, 9.17) is 0 Å². The molecule has 0 radical (unpaired) electrons. The molecule has 1 saturated heterocycles. The number of benzene rings is 1. The monoisotopic (exact) mass is 315 g/mol. The number of carboxylic acid groups (broad SMARTS) is 1. The van der Waals surface area contributed by atoms with Gasteiger partial charge in [0.2, 0.25) is 0 Å². The van der Waals surface area contributed by atoms with Crippen LogP contribution in [0.25, 0.3) is 0 Å². The summed E-state index contributed by atoms with van der Waals surface area (Å²) >= 11 is 0. The van der Waals surface area contributed by atoms with Gasteiger partial charge < -0.3 is 5.11 Å². The maximum absolute atomic E-state index is 12.8. The van der Waals surface area contributed by atoms with Gasteiger partial charge in [-0.15, -0.1) is 0 Å². The zero-order valence-electron chi connectivity index (χ0n) is 12.8. The molecule has 0 saturated carbocycles. The Balaban J connectivity index is 2.35. The smallest absolute Gasteiger partial charge is 0.416 e. The van der Waals surface area contributed by atoms with Crippen LogP contribution in [0.3, 0.4) is 0 Å². The molecule has 1 fully saturated rings. The highest BCUT2D eigenvalue weighted by Gasteiger charge is 2.42. The summed E-state index contributed by atoms with van der Waals surface area (Å²) in [4.78, 5) is 13.5. The normalized spacial score (nSPS) is 23.7. The summed E-state index contributed by atoms with van der Waals surface area (Å²) in [5.41, 5.74) is -0.512. The second-order valence-electron chi connectivity index (χ2n) is 6.75. The van der Waals surface area contributed by atoms with Crippen molar-refractivity contribution >= 4 is 5.97 Å². The van der Waals surface area contributed by atoms with Crippen molar-refractivity contribution in [3.63, 3.8) is 0 Å². The van der Waals surface area contributed by atoms with Crippen molar-refractivity contribution in [2.45, 2.75) is 38.4 Å². The molecular formula is C16H20F3NO2. The maximum atomic E-state index is 12.8. The van der Waals surface area contributed by atoms with E-state index in [0.29, 0.717) is 18.7 Å². The molecule has 1 aromatic rings. The first-order valence-electron chi connectivity index (χ1n) is 7.15. The van der Waals surface area contributed by atoms with Crippen LogP contribution in [0.4, 0.5) is 13.2 Å². The van der Waals surface area contributed by atoms with Crippen LogP contribution in [0.2, 0.25) is 0 Å². The number of aliphatic carboxylic acids is 1. The molecule has 2 atom stereocenters. The van der Waals surface area contributed by atoms with Gasteiger partial charge >= 0.3 is 12.1 Å². The third-order valence-electron chi connectivity index (χ3n) is 4.23. The molecule has 1 heterocycles. The molecule has 1 aliphatic rings. The molecule has 22 heavy (non-hydrogen) atoms. The molecule has 1 aromatic carbocycles. The molecule has 3 nitrogen and oxygen atoms in total. The van der Waals surface area contributed by atoms with E-state index in [1.165, 1.54) is 6.07 Å². The Morgan fingerprint density at radius 2 is 1.86 bits per heavy atom. The van der Waals surface area contributed by atoms with Crippen LogP contribution in [0.5, 0.6) is 0 Å². The van der Waals surface area contributed by atoms with Crippen molar-refractivity contribution in [1.82, 2.24) is 4.90 Å². The van der Waals surface area contributed by atoms with E-state index in [9.17, 15) is 23.1 Å². The van der Waals surface area contributed by atoms with Crippen molar-refractivity contribution in [1.29, 1.82) is 0 Å². The van der Waals surface area contributed by atoms with E-state index in [-0.39, 0.29) is 5.54 Å². The molecule has 6 heteroatoms. The van der Waals surface area contributed by atoms with Gasteiger partial charge in [-0.05, 0) is 32.4 Å². The maximum Gasteiger partial charge on any atom is 0.416 e. The SMILES string of the molecule is CC(C)(C)N1C[C@H](C(=O)O)[C@@H](c2cccc(C(F)(F)F)c2)C1. The highest BCUT2D eigenvalue weighted by molar-refractivity contribution is 5.72. The quantitative estimate of drug-likeness (QED) is 0.906. The molecule has 0 aromatic heterocycles. The van der Waals surface area contributed by atoms with Crippen LogP contribution in [-0.2, 0) is 11.0 Å². The van der Waals surface area contributed by atoms with Gasteiger partial charge in [0, 0.05) is 24.5 Å². The Kier molecular flexibility index (Phi) is 4.26. The highest BCUT2D eigenvalue weighted by atomic mass is 19.4. The van der Waals surface area contributed by atoms with Crippen LogP contribution < -0.4 is 0 Å². The predicted octanol–water partition coefficient (Wildman–Crippen LogP) is 3.60. The summed E-state index contributed by atoms with van der Waals surface area (Å²) in [6.45, 7) is 6.71. The Morgan fingerprint density at radius 1 is 1.23 bits per heavy atom. The zero-order chi connectivity index (χ0) is 16.7. The fourth-order valence-electron chi connectivity index (χ4n) is 2.89. The van der Waals surface area contributed by atoms with E-state index in [1.54, 1.807) is 6.07 Å². The molecular weight excluding hydrogens is 295 g/mol. The summed E-state index contributed by atoms with van der Waals surface area (Å²) in [7, 11) is 0. The first-order valence-corrected chi connectivity index (χ1v) is 7.15. The van der Waals surface area contributed by atoms with Crippen LogP contribution in [-0.4, -0.2) is 34.6 Å². The van der Waals surface area contributed by atoms with Gasteiger partial charge in [-0.2, -0.15) is 13.2 Å². The molecule has 0 unspecified atom stereocenters. The van der Waals surface area contributed by atoms with Crippen LogP contribution >= 0.6 is 0 Å². The number of likely N-dealkylation sites (tertiary alicyclic amines) is 1. The third kappa shape index (κ3) is 3.43. The van der Waals surface area contributed by atoms with Gasteiger partial charge in [0.25, 0.3) is 0 Å². The average Bonchev–Trinajstić information content (AvgIpc) is 2.83. The minimum Gasteiger partial charge on any atom is -0.481 e. The molecule has 0 bridgehead atoms. The Bertz CT molecular complexity index is 563. The average molecular weight is 315 g/mol. The van der Waals surface area contributed by atoms with Crippen molar-refractivity contribution in [2.24, 2.45) is 5.92 Å². The molecule has 1 N–H and O–H groups in total. The van der Waals surface area contributed by atoms with Gasteiger partial charge in [0.1, 0.15) is 0 Å². The number of halogens is 3. The number of hydrogen-bond acceptors (Lipinski definition) is 2. The summed E-state index contributed by atoms with van der Waals surface area (Å²) in [5, 5.41) is 9.41. The second kappa shape index (κ2) is 5.57. The highest BCUT2D eigenvalue weighted by Crippen LogP contribution is 2.38. The molecule has 122 valence electrons.